The lowest BCUT2D eigenvalue weighted by Gasteiger charge is -2.15. The van der Waals surface area contributed by atoms with Crippen LogP contribution in [0.3, 0.4) is 0 Å². The minimum Gasteiger partial charge on any atom is -0.385 e. The standard InChI is InChI=1S/C13H13F3O/c14-13(15,16)9-6-4-8(5-7-9)12(17)10-2-1-3-11(10)12/h4-7,10-11,17H,1-3H2. The van der Waals surface area contributed by atoms with E-state index in [1.807, 2.05) is 0 Å². The van der Waals surface area contributed by atoms with Crippen LogP contribution in [0, 0.1) is 11.8 Å². The van der Waals surface area contributed by atoms with Crippen LogP contribution in [-0.2, 0) is 11.8 Å². The Labute approximate surface area is 97.3 Å². The molecule has 2 fully saturated rings. The van der Waals surface area contributed by atoms with Gasteiger partial charge >= 0.3 is 6.18 Å². The highest BCUT2D eigenvalue weighted by molar-refractivity contribution is 5.36. The average molecular weight is 242 g/mol. The summed E-state index contributed by atoms with van der Waals surface area (Å²) < 4.78 is 37.2. The smallest absolute Gasteiger partial charge is 0.385 e. The second-order valence-electron chi connectivity index (χ2n) is 5.04. The van der Waals surface area contributed by atoms with Crippen molar-refractivity contribution in [1.82, 2.24) is 0 Å². The van der Waals surface area contributed by atoms with Crippen LogP contribution in [0.25, 0.3) is 0 Å². The predicted octanol–water partition coefficient (Wildman–Crippen LogP) is 3.32. The van der Waals surface area contributed by atoms with Crippen LogP contribution in [0.5, 0.6) is 0 Å². The maximum Gasteiger partial charge on any atom is 0.416 e. The molecule has 2 aliphatic rings. The van der Waals surface area contributed by atoms with Crippen LogP contribution >= 0.6 is 0 Å². The van der Waals surface area contributed by atoms with Gasteiger partial charge in [-0.25, -0.2) is 0 Å². The zero-order valence-electron chi connectivity index (χ0n) is 9.17. The molecule has 1 aromatic rings. The van der Waals surface area contributed by atoms with Crippen molar-refractivity contribution in [2.24, 2.45) is 11.8 Å². The molecule has 2 aliphatic carbocycles. The van der Waals surface area contributed by atoms with Crippen molar-refractivity contribution < 1.29 is 18.3 Å². The summed E-state index contributed by atoms with van der Waals surface area (Å²) in [7, 11) is 0. The van der Waals surface area contributed by atoms with Gasteiger partial charge < -0.3 is 5.11 Å². The molecule has 1 aromatic carbocycles. The topological polar surface area (TPSA) is 20.2 Å². The Kier molecular flexibility index (Phi) is 2.12. The van der Waals surface area contributed by atoms with Gasteiger partial charge in [-0.2, -0.15) is 13.2 Å². The summed E-state index contributed by atoms with van der Waals surface area (Å²) in [5.74, 6) is 0.526. The fourth-order valence-corrected chi connectivity index (χ4v) is 3.28. The van der Waals surface area contributed by atoms with Gasteiger partial charge in [0.2, 0.25) is 0 Å². The third-order valence-corrected chi connectivity index (χ3v) is 4.21. The summed E-state index contributed by atoms with van der Waals surface area (Å²) >= 11 is 0. The van der Waals surface area contributed by atoms with E-state index in [0.29, 0.717) is 5.56 Å². The predicted molar refractivity (Wildman–Crippen MR) is 56.2 cm³/mol. The third-order valence-electron chi connectivity index (χ3n) is 4.21. The van der Waals surface area contributed by atoms with Crippen molar-refractivity contribution in [3.63, 3.8) is 0 Å². The van der Waals surface area contributed by atoms with Gasteiger partial charge in [0.15, 0.2) is 0 Å². The van der Waals surface area contributed by atoms with Crippen LogP contribution in [0.1, 0.15) is 30.4 Å². The first-order chi connectivity index (χ1) is 7.94. The number of hydrogen-bond donors (Lipinski definition) is 1. The molecule has 0 spiro atoms. The highest BCUT2D eigenvalue weighted by Crippen LogP contribution is 2.66. The van der Waals surface area contributed by atoms with Crippen molar-refractivity contribution in [3.8, 4) is 0 Å². The average Bonchev–Trinajstić information content (AvgIpc) is 2.67. The normalized spacial score (nSPS) is 35.8. The quantitative estimate of drug-likeness (QED) is 0.801. The first kappa shape index (κ1) is 11.1. The van der Waals surface area contributed by atoms with Gasteiger partial charge in [0.05, 0.1) is 11.2 Å². The van der Waals surface area contributed by atoms with E-state index in [9.17, 15) is 18.3 Å². The van der Waals surface area contributed by atoms with E-state index < -0.39 is 17.3 Å². The molecule has 0 radical (unpaired) electrons. The van der Waals surface area contributed by atoms with E-state index in [1.165, 1.54) is 12.1 Å². The maximum atomic E-state index is 12.4. The molecular weight excluding hydrogens is 229 g/mol. The molecule has 1 N–H and O–H groups in total. The third kappa shape index (κ3) is 1.50. The van der Waals surface area contributed by atoms with Crippen LogP contribution in [0.15, 0.2) is 24.3 Å². The van der Waals surface area contributed by atoms with E-state index in [2.05, 4.69) is 0 Å². The van der Waals surface area contributed by atoms with Crippen LogP contribution in [0.4, 0.5) is 13.2 Å². The highest BCUT2D eigenvalue weighted by atomic mass is 19.4. The molecule has 4 heteroatoms. The first-order valence-corrected chi connectivity index (χ1v) is 5.84. The minimum atomic E-state index is -4.30. The lowest BCUT2D eigenvalue weighted by atomic mass is 9.98. The van der Waals surface area contributed by atoms with Gasteiger partial charge in [-0.3, -0.25) is 0 Å². The molecule has 0 bridgehead atoms. The van der Waals surface area contributed by atoms with E-state index in [1.54, 1.807) is 0 Å². The Balaban J connectivity index is 1.87. The molecule has 0 heterocycles. The fraction of sp³-hybridized carbons (Fsp3) is 0.538. The van der Waals surface area contributed by atoms with Crippen molar-refractivity contribution in [2.45, 2.75) is 31.0 Å². The Morgan fingerprint density at radius 2 is 1.59 bits per heavy atom. The number of fused-ring (bicyclic) bond motifs is 1. The van der Waals surface area contributed by atoms with E-state index in [-0.39, 0.29) is 11.8 Å². The summed E-state index contributed by atoms with van der Waals surface area (Å²) in [5, 5.41) is 10.4. The molecule has 2 atom stereocenters. The lowest BCUT2D eigenvalue weighted by molar-refractivity contribution is -0.137. The van der Waals surface area contributed by atoms with E-state index in [4.69, 9.17) is 0 Å². The molecule has 0 aromatic heterocycles. The van der Waals surface area contributed by atoms with E-state index >= 15 is 0 Å². The Morgan fingerprint density at radius 1 is 1.06 bits per heavy atom. The molecule has 92 valence electrons. The van der Waals surface area contributed by atoms with Crippen molar-refractivity contribution >= 4 is 0 Å². The summed E-state index contributed by atoms with van der Waals surface area (Å²) in [6.07, 6.45) is -1.21. The zero-order chi connectivity index (χ0) is 12.3. The Hall–Kier alpha value is -1.03. The van der Waals surface area contributed by atoms with Crippen molar-refractivity contribution in [1.29, 1.82) is 0 Å². The van der Waals surface area contributed by atoms with Gasteiger partial charge in [-0.15, -0.1) is 0 Å². The van der Waals surface area contributed by atoms with Crippen molar-refractivity contribution in [2.75, 3.05) is 0 Å². The summed E-state index contributed by atoms with van der Waals surface area (Å²) in [4.78, 5) is 0. The summed E-state index contributed by atoms with van der Waals surface area (Å²) in [5.41, 5.74) is -0.863. The summed E-state index contributed by atoms with van der Waals surface area (Å²) in [6, 6.07) is 4.95. The molecule has 0 aliphatic heterocycles. The number of alkyl halides is 3. The second-order valence-corrected chi connectivity index (χ2v) is 5.04. The first-order valence-electron chi connectivity index (χ1n) is 5.84. The summed E-state index contributed by atoms with van der Waals surface area (Å²) in [6.45, 7) is 0. The lowest BCUT2D eigenvalue weighted by Crippen LogP contribution is -2.14. The van der Waals surface area contributed by atoms with Crippen LogP contribution in [-0.4, -0.2) is 5.11 Å². The number of benzene rings is 1. The van der Waals surface area contributed by atoms with Gasteiger partial charge in [0.25, 0.3) is 0 Å². The molecular formula is C13H13F3O. The molecule has 0 amide bonds. The van der Waals surface area contributed by atoms with Gasteiger partial charge in [0.1, 0.15) is 0 Å². The SMILES string of the molecule is OC1(c2ccc(C(F)(F)F)cc2)C2CCCC21. The number of rotatable bonds is 1. The molecule has 3 rings (SSSR count). The molecule has 2 unspecified atom stereocenters. The Bertz CT molecular complexity index is 425. The number of aliphatic hydroxyl groups is 1. The number of halogens is 3. The van der Waals surface area contributed by atoms with Crippen LogP contribution < -0.4 is 0 Å². The minimum absolute atomic E-state index is 0.263. The van der Waals surface area contributed by atoms with E-state index in [0.717, 1.165) is 31.4 Å². The molecule has 0 saturated heterocycles. The monoisotopic (exact) mass is 242 g/mol. The Morgan fingerprint density at radius 3 is 2.06 bits per heavy atom. The van der Waals surface area contributed by atoms with Gasteiger partial charge in [-0.1, -0.05) is 18.6 Å². The second kappa shape index (κ2) is 3.25. The molecule has 1 nitrogen and oxygen atoms in total. The van der Waals surface area contributed by atoms with Crippen LogP contribution in [0.2, 0.25) is 0 Å². The number of hydrogen-bond acceptors (Lipinski definition) is 1. The highest BCUT2D eigenvalue weighted by Gasteiger charge is 2.66. The van der Waals surface area contributed by atoms with Crippen molar-refractivity contribution in [3.05, 3.63) is 35.4 Å². The zero-order valence-corrected chi connectivity index (χ0v) is 9.17. The fourth-order valence-electron chi connectivity index (χ4n) is 3.28. The largest absolute Gasteiger partial charge is 0.416 e. The van der Waals surface area contributed by atoms with Gasteiger partial charge in [-0.05, 0) is 42.4 Å². The molecule has 17 heavy (non-hydrogen) atoms. The van der Waals surface area contributed by atoms with Gasteiger partial charge in [0, 0.05) is 0 Å². The molecule has 2 saturated carbocycles. The maximum absolute atomic E-state index is 12.4.